The van der Waals surface area contributed by atoms with Gasteiger partial charge in [-0.25, -0.2) is 0 Å². The van der Waals surface area contributed by atoms with E-state index in [0.29, 0.717) is 21.8 Å². The average Bonchev–Trinajstić information content (AvgIpc) is 3.54. The number of hydrogen-bond acceptors (Lipinski definition) is 10. The monoisotopic (exact) mass is 524 g/mol. The highest BCUT2D eigenvalue weighted by atomic mass is 32.1. The van der Waals surface area contributed by atoms with E-state index in [1.165, 1.54) is 22.7 Å². The standard InChI is InChI=1S/C24H24N6O4S2/c31-19(15-33-17-9-3-1-4-10-17)25-23-29-27-21(35-23)13-7-8-14-22-28-30-24(36-22)26-20(32)16-34-18-11-5-2-6-12-18/h1-6,9-12H,7-8,13-16H2,(H,25,29,31)(H,26,30,32). The summed E-state index contributed by atoms with van der Waals surface area (Å²) in [5.41, 5.74) is 0. The van der Waals surface area contributed by atoms with Crippen LogP contribution in [0.2, 0.25) is 0 Å². The van der Waals surface area contributed by atoms with Crippen LogP contribution < -0.4 is 20.1 Å². The number of para-hydroxylation sites is 2. The topological polar surface area (TPSA) is 128 Å². The van der Waals surface area contributed by atoms with E-state index in [1.807, 2.05) is 36.4 Å². The van der Waals surface area contributed by atoms with Crippen LogP contribution in [-0.4, -0.2) is 45.4 Å². The third-order valence-electron chi connectivity index (χ3n) is 4.68. The fourth-order valence-corrected chi connectivity index (χ4v) is 4.60. The molecule has 0 atom stereocenters. The first kappa shape index (κ1) is 25.2. The second kappa shape index (κ2) is 13.3. The molecule has 12 heteroatoms. The summed E-state index contributed by atoms with van der Waals surface area (Å²) >= 11 is 2.70. The zero-order valence-electron chi connectivity index (χ0n) is 19.3. The summed E-state index contributed by atoms with van der Waals surface area (Å²) in [6.07, 6.45) is 3.25. The molecule has 0 radical (unpaired) electrons. The van der Waals surface area contributed by atoms with Gasteiger partial charge < -0.3 is 9.47 Å². The number of carbonyl (C=O) groups excluding carboxylic acids is 2. The lowest BCUT2D eigenvalue weighted by molar-refractivity contribution is -0.118. The first-order chi connectivity index (χ1) is 17.6. The van der Waals surface area contributed by atoms with Crippen molar-refractivity contribution >= 4 is 44.8 Å². The maximum atomic E-state index is 12.0. The fraction of sp³-hybridized carbons (Fsp3) is 0.250. The van der Waals surface area contributed by atoms with E-state index in [0.717, 1.165) is 35.7 Å². The highest BCUT2D eigenvalue weighted by Crippen LogP contribution is 2.20. The van der Waals surface area contributed by atoms with Crippen LogP contribution in [-0.2, 0) is 22.4 Å². The molecular formula is C24H24N6O4S2. The third-order valence-corrected chi connectivity index (χ3v) is 6.48. The number of aromatic nitrogens is 4. The number of rotatable bonds is 13. The van der Waals surface area contributed by atoms with Crippen LogP contribution in [0.4, 0.5) is 10.3 Å². The Hall–Kier alpha value is -3.90. The van der Waals surface area contributed by atoms with E-state index >= 15 is 0 Å². The molecule has 2 N–H and O–H groups in total. The lowest BCUT2D eigenvalue weighted by Gasteiger charge is -2.04. The maximum Gasteiger partial charge on any atom is 0.264 e. The van der Waals surface area contributed by atoms with Crippen LogP contribution in [0.5, 0.6) is 11.5 Å². The average molecular weight is 525 g/mol. The molecule has 10 nitrogen and oxygen atoms in total. The van der Waals surface area contributed by atoms with Crippen LogP contribution in [0.15, 0.2) is 60.7 Å². The lowest BCUT2D eigenvalue weighted by atomic mass is 10.2. The van der Waals surface area contributed by atoms with E-state index in [4.69, 9.17) is 9.47 Å². The molecule has 0 aliphatic rings. The van der Waals surface area contributed by atoms with Crippen LogP contribution in [0, 0.1) is 0 Å². The molecule has 2 aromatic heterocycles. The second-order valence-corrected chi connectivity index (χ2v) is 9.63. The molecule has 186 valence electrons. The number of nitrogens with one attached hydrogen (secondary N) is 2. The largest absolute Gasteiger partial charge is 0.484 e. The number of nitrogens with zero attached hydrogens (tertiary/aromatic N) is 4. The summed E-state index contributed by atoms with van der Waals surface area (Å²) in [6.45, 7) is -0.188. The molecule has 0 aliphatic carbocycles. The van der Waals surface area contributed by atoms with Crippen molar-refractivity contribution in [3.8, 4) is 11.5 Å². The number of unbranched alkanes of at least 4 members (excludes halogenated alkanes) is 1. The quantitative estimate of drug-likeness (QED) is 0.251. The van der Waals surface area contributed by atoms with Gasteiger partial charge >= 0.3 is 0 Å². The van der Waals surface area contributed by atoms with Gasteiger partial charge in [-0.2, -0.15) is 0 Å². The number of benzene rings is 2. The fourth-order valence-electron chi connectivity index (χ4n) is 3.00. The number of carbonyl (C=O) groups is 2. The Morgan fingerprint density at radius 3 is 1.47 bits per heavy atom. The first-order valence-corrected chi connectivity index (χ1v) is 12.9. The molecule has 4 rings (SSSR count). The van der Waals surface area contributed by atoms with E-state index in [9.17, 15) is 9.59 Å². The Bertz CT molecular complexity index is 1150. The molecule has 0 spiro atoms. The van der Waals surface area contributed by atoms with E-state index in [2.05, 4.69) is 31.0 Å². The van der Waals surface area contributed by atoms with Crippen molar-refractivity contribution in [1.29, 1.82) is 0 Å². The van der Waals surface area contributed by atoms with Crippen molar-refractivity contribution in [3.05, 3.63) is 70.7 Å². The van der Waals surface area contributed by atoms with Gasteiger partial charge in [-0.1, -0.05) is 59.1 Å². The maximum absolute atomic E-state index is 12.0. The molecular weight excluding hydrogens is 500 g/mol. The lowest BCUT2D eigenvalue weighted by Crippen LogP contribution is -2.20. The Balaban J connectivity index is 1.11. The first-order valence-electron chi connectivity index (χ1n) is 11.2. The van der Waals surface area contributed by atoms with Gasteiger partial charge in [0.15, 0.2) is 13.2 Å². The minimum absolute atomic E-state index is 0.0940. The normalized spacial score (nSPS) is 10.6. The number of hydrogen-bond donors (Lipinski definition) is 2. The molecule has 0 aliphatic heterocycles. The summed E-state index contributed by atoms with van der Waals surface area (Å²) < 4.78 is 10.9. The highest BCUT2D eigenvalue weighted by Gasteiger charge is 2.11. The van der Waals surface area contributed by atoms with Crippen LogP contribution in [0.1, 0.15) is 22.9 Å². The summed E-state index contributed by atoms with van der Waals surface area (Å²) in [6, 6.07) is 18.3. The smallest absolute Gasteiger partial charge is 0.264 e. The molecule has 0 bridgehead atoms. The van der Waals surface area contributed by atoms with Crippen LogP contribution in [0.3, 0.4) is 0 Å². The number of anilines is 2. The molecule has 4 aromatic rings. The minimum atomic E-state index is -0.285. The molecule has 0 saturated heterocycles. The molecule has 2 aromatic carbocycles. The molecule has 2 amide bonds. The highest BCUT2D eigenvalue weighted by molar-refractivity contribution is 7.15. The van der Waals surface area contributed by atoms with Gasteiger partial charge in [0, 0.05) is 12.8 Å². The van der Waals surface area contributed by atoms with E-state index in [-0.39, 0.29) is 25.0 Å². The summed E-state index contributed by atoms with van der Waals surface area (Å²) in [4.78, 5) is 24.1. The Morgan fingerprint density at radius 1 is 0.639 bits per heavy atom. The predicted molar refractivity (Wildman–Crippen MR) is 138 cm³/mol. The molecule has 0 fully saturated rings. The molecule has 0 unspecified atom stereocenters. The van der Waals surface area contributed by atoms with Gasteiger partial charge in [-0.3, -0.25) is 20.2 Å². The third kappa shape index (κ3) is 8.40. The van der Waals surface area contributed by atoms with Crippen LogP contribution >= 0.6 is 22.7 Å². The van der Waals surface area contributed by atoms with Gasteiger partial charge in [0.2, 0.25) is 10.3 Å². The zero-order valence-corrected chi connectivity index (χ0v) is 20.9. The number of ether oxygens (including phenoxy) is 2. The predicted octanol–water partition coefficient (Wildman–Crippen LogP) is 3.99. The van der Waals surface area contributed by atoms with Gasteiger partial charge in [-0.05, 0) is 37.1 Å². The zero-order chi connectivity index (χ0) is 25.0. The second-order valence-electron chi connectivity index (χ2n) is 7.51. The number of amides is 2. The Labute approximate surface area is 215 Å². The van der Waals surface area contributed by atoms with Crippen molar-refractivity contribution in [2.45, 2.75) is 25.7 Å². The van der Waals surface area contributed by atoms with Crippen molar-refractivity contribution in [3.63, 3.8) is 0 Å². The van der Waals surface area contributed by atoms with Crippen molar-refractivity contribution < 1.29 is 19.1 Å². The van der Waals surface area contributed by atoms with Crippen molar-refractivity contribution in [2.24, 2.45) is 0 Å². The summed E-state index contributed by atoms with van der Waals surface area (Å²) in [5.74, 6) is 0.694. The Kier molecular flexibility index (Phi) is 9.28. The SMILES string of the molecule is O=C(COc1ccccc1)Nc1nnc(CCCCc2nnc(NC(=O)COc3ccccc3)s2)s1. The summed E-state index contributed by atoms with van der Waals surface area (Å²) in [5, 5.41) is 24.3. The summed E-state index contributed by atoms with van der Waals surface area (Å²) in [7, 11) is 0. The molecule has 2 heterocycles. The van der Waals surface area contributed by atoms with E-state index < -0.39 is 0 Å². The van der Waals surface area contributed by atoms with Crippen LogP contribution in [0.25, 0.3) is 0 Å². The van der Waals surface area contributed by atoms with Gasteiger partial charge in [0.1, 0.15) is 21.5 Å². The van der Waals surface area contributed by atoms with Gasteiger partial charge in [0.25, 0.3) is 11.8 Å². The number of aryl methyl sites for hydroxylation is 2. The molecule has 36 heavy (non-hydrogen) atoms. The van der Waals surface area contributed by atoms with E-state index in [1.54, 1.807) is 24.3 Å². The minimum Gasteiger partial charge on any atom is -0.484 e. The molecule has 0 saturated carbocycles. The van der Waals surface area contributed by atoms with Gasteiger partial charge in [0.05, 0.1) is 0 Å². The van der Waals surface area contributed by atoms with Gasteiger partial charge in [-0.15, -0.1) is 20.4 Å². The Morgan fingerprint density at radius 2 is 1.06 bits per heavy atom. The van der Waals surface area contributed by atoms with Crippen molar-refractivity contribution in [1.82, 2.24) is 20.4 Å². The van der Waals surface area contributed by atoms with Crippen molar-refractivity contribution in [2.75, 3.05) is 23.8 Å².